The van der Waals surface area contributed by atoms with Crippen LogP contribution in [0.1, 0.15) is 16.1 Å². The van der Waals surface area contributed by atoms with Crippen LogP contribution in [0.2, 0.25) is 0 Å². The summed E-state index contributed by atoms with van der Waals surface area (Å²) >= 11 is 1.40. The van der Waals surface area contributed by atoms with Gasteiger partial charge in [0.1, 0.15) is 5.82 Å². The molecule has 8 heteroatoms. The second-order valence-corrected chi connectivity index (χ2v) is 5.99. The van der Waals surface area contributed by atoms with Gasteiger partial charge in [0, 0.05) is 6.54 Å². The quantitative estimate of drug-likeness (QED) is 0.732. The monoisotopic (exact) mass is 359 g/mol. The minimum atomic E-state index is -0.583. The number of carbonyl (C=O) groups is 1. The number of thiophene rings is 1. The average Bonchev–Trinajstić information content (AvgIpc) is 3.16. The number of aromatic nitrogens is 2. The maximum atomic E-state index is 12.9. The van der Waals surface area contributed by atoms with Crippen LogP contribution in [-0.2, 0) is 6.54 Å². The van der Waals surface area contributed by atoms with Crippen molar-refractivity contribution < 1.29 is 19.0 Å². The molecule has 0 unspecified atom stereocenters. The molecule has 3 rings (SSSR count). The third kappa shape index (κ3) is 3.74. The number of methoxy groups -OCH3 is 1. The first-order valence-electron chi connectivity index (χ1n) is 7.30. The highest BCUT2D eigenvalue weighted by Gasteiger charge is 2.21. The topological polar surface area (TPSA) is 84.3 Å². The van der Waals surface area contributed by atoms with E-state index in [9.17, 15) is 14.3 Å². The second kappa shape index (κ2) is 7.27. The van der Waals surface area contributed by atoms with Gasteiger partial charge in [-0.15, -0.1) is 11.3 Å². The molecular formula is C17H14FN3O3S. The largest absolute Gasteiger partial charge is 0.501 e. The minimum Gasteiger partial charge on any atom is -0.501 e. The summed E-state index contributed by atoms with van der Waals surface area (Å²) in [5, 5.41) is 14.6. The molecule has 0 spiro atoms. The number of carbonyl (C=O) groups excluding carboxylic acids is 1. The highest BCUT2D eigenvalue weighted by Crippen LogP contribution is 2.31. The van der Waals surface area contributed by atoms with Gasteiger partial charge >= 0.3 is 0 Å². The van der Waals surface area contributed by atoms with E-state index in [2.05, 4.69) is 15.3 Å². The molecule has 0 radical (unpaired) electrons. The van der Waals surface area contributed by atoms with E-state index in [0.29, 0.717) is 5.56 Å². The number of hydrogen-bond donors (Lipinski definition) is 2. The molecule has 2 heterocycles. The predicted octanol–water partition coefficient (Wildman–Crippen LogP) is 2.99. The Labute approximate surface area is 147 Å². The van der Waals surface area contributed by atoms with Crippen LogP contribution in [-0.4, -0.2) is 28.1 Å². The molecule has 1 aromatic carbocycles. The molecule has 0 bridgehead atoms. The van der Waals surface area contributed by atoms with E-state index in [1.54, 1.807) is 18.2 Å². The van der Waals surface area contributed by atoms with Crippen LogP contribution in [0.5, 0.6) is 11.6 Å². The molecule has 2 N–H and O–H groups in total. The molecular weight excluding hydrogens is 345 g/mol. The van der Waals surface area contributed by atoms with E-state index in [-0.39, 0.29) is 29.8 Å². The number of aromatic hydroxyl groups is 1. The zero-order valence-corrected chi connectivity index (χ0v) is 14.0. The van der Waals surface area contributed by atoms with Crippen molar-refractivity contribution in [3.8, 4) is 22.3 Å². The summed E-state index contributed by atoms with van der Waals surface area (Å²) in [7, 11) is 1.35. The normalized spacial score (nSPS) is 10.5. The number of benzene rings is 1. The molecule has 25 heavy (non-hydrogen) atoms. The fourth-order valence-corrected chi connectivity index (χ4v) is 2.78. The number of ether oxygens (including phenoxy) is 1. The number of rotatable bonds is 5. The summed E-state index contributed by atoms with van der Waals surface area (Å²) in [5.41, 5.74) is 0.533. The highest BCUT2D eigenvalue weighted by atomic mass is 32.1. The standard InChI is InChI=1S/C17H14FN3O3S/c1-24-17-14(22)13(20-15(21-17)12-3-2-8-25-12)16(23)19-9-10-4-6-11(18)7-5-10/h2-8,22H,9H2,1H3,(H,19,23). The third-order valence-electron chi connectivity index (χ3n) is 3.37. The number of nitrogens with one attached hydrogen (secondary N) is 1. The number of nitrogens with zero attached hydrogens (tertiary/aromatic N) is 2. The van der Waals surface area contributed by atoms with Gasteiger partial charge in [-0.25, -0.2) is 9.37 Å². The summed E-state index contributed by atoms with van der Waals surface area (Å²) in [5.74, 6) is -1.16. The Hall–Kier alpha value is -3.00. The molecule has 3 aromatic rings. The minimum absolute atomic E-state index is 0.0784. The average molecular weight is 359 g/mol. The summed E-state index contributed by atoms with van der Waals surface area (Å²) in [6.07, 6.45) is 0. The van der Waals surface area contributed by atoms with Crippen molar-refractivity contribution in [2.24, 2.45) is 0 Å². The van der Waals surface area contributed by atoms with Crippen LogP contribution in [0.15, 0.2) is 41.8 Å². The Morgan fingerprint density at radius 3 is 2.68 bits per heavy atom. The van der Waals surface area contributed by atoms with Crippen molar-refractivity contribution in [2.45, 2.75) is 6.54 Å². The lowest BCUT2D eigenvalue weighted by Gasteiger charge is -2.10. The first-order chi connectivity index (χ1) is 12.1. The summed E-state index contributed by atoms with van der Waals surface area (Å²) < 4.78 is 17.9. The Bertz CT molecular complexity index is 883. The molecule has 6 nitrogen and oxygen atoms in total. The molecule has 0 fully saturated rings. The van der Waals surface area contributed by atoms with E-state index < -0.39 is 11.7 Å². The zero-order chi connectivity index (χ0) is 17.8. The van der Waals surface area contributed by atoms with Gasteiger partial charge in [0.15, 0.2) is 11.5 Å². The van der Waals surface area contributed by atoms with Crippen LogP contribution in [0.4, 0.5) is 4.39 Å². The zero-order valence-electron chi connectivity index (χ0n) is 13.2. The lowest BCUT2D eigenvalue weighted by atomic mass is 10.2. The molecule has 0 aliphatic rings. The fraction of sp³-hybridized carbons (Fsp3) is 0.118. The predicted molar refractivity (Wildman–Crippen MR) is 91.1 cm³/mol. The Morgan fingerprint density at radius 1 is 1.28 bits per heavy atom. The molecule has 2 aromatic heterocycles. The molecule has 0 aliphatic carbocycles. The third-order valence-corrected chi connectivity index (χ3v) is 4.23. The van der Waals surface area contributed by atoms with Gasteiger partial charge in [-0.2, -0.15) is 4.98 Å². The van der Waals surface area contributed by atoms with Crippen molar-refractivity contribution in [2.75, 3.05) is 7.11 Å². The van der Waals surface area contributed by atoms with Gasteiger partial charge in [0.05, 0.1) is 12.0 Å². The maximum absolute atomic E-state index is 12.9. The molecule has 0 aliphatic heterocycles. The van der Waals surface area contributed by atoms with Crippen molar-refractivity contribution in [3.05, 3.63) is 58.9 Å². The lowest BCUT2D eigenvalue weighted by Crippen LogP contribution is -2.24. The number of halogens is 1. The van der Waals surface area contributed by atoms with E-state index in [1.165, 1.54) is 30.6 Å². The molecule has 0 saturated heterocycles. The summed E-state index contributed by atoms with van der Waals surface area (Å²) in [6.45, 7) is 0.166. The van der Waals surface area contributed by atoms with Crippen LogP contribution >= 0.6 is 11.3 Å². The van der Waals surface area contributed by atoms with Crippen LogP contribution < -0.4 is 10.1 Å². The number of hydrogen-bond acceptors (Lipinski definition) is 6. The van der Waals surface area contributed by atoms with Gasteiger partial charge < -0.3 is 15.2 Å². The Kier molecular flexibility index (Phi) is 4.90. The molecule has 0 atom stereocenters. The van der Waals surface area contributed by atoms with Crippen molar-refractivity contribution in [3.63, 3.8) is 0 Å². The summed E-state index contributed by atoms with van der Waals surface area (Å²) in [6, 6.07) is 9.37. The lowest BCUT2D eigenvalue weighted by molar-refractivity contribution is 0.0942. The first kappa shape index (κ1) is 16.8. The smallest absolute Gasteiger partial charge is 0.274 e. The summed E-state index contributed by atoms with van der Waals surface area (Å²) in [4.78, 5) is 21.4. The van der Waals surface area contributed by atoms with Gasteiger partial charge in [0.2, 0.25) is 5.75 Å². The van der Waals surface area contributed by atoms with E-state index >= 15 is 0 Å². The van der Waals surface area contributed by atoms with Crippen molar-refractivity contribution in [1.29, 1.82) is 0 Å². The SMILES string of the molecule is COc1nc(-c2cccs2)nc(C(=O)NCc2ccc(F)cc2)c1O. The van der Waals surface area contributed by atoms with Crippen LogP contribution in [0.25, 0.3) is 10.7 Å². The molecule has 128 valence electrons. The fourth-order valence-electron chi connectivity index (χ4n) is 2.12. The van der Waals surface area contributed by atoms with E-state index in [4.69, 9.17) is 4.74 Å². The Balaban J connectivity index is 1.85. The van der Waals surface area contributed by atoms with Crippen molar-refractivity contribution in [1.82, 2.24) is 15.3 Å². The van der Waals surface area contributed by atoms with E-state index in [0.717, 1.165) is 4.88 Å². The van der Waals surface area contributed by atoms with Crippen molar-refractivity contribution >= 4 is 17.2 Å². The maximum Gasteiger partial charge on any atom is 0.274 e. The molecule has 0 saturated carbocycles. The van der Waals surface area contributed by atoms with Crippen LogP contribution in [0.3, 0.4) is 0 Å². The number of amides is 1. The Morgan fingerprint density at radius 2 is 2.04 bits per heavy atom. The first-order valence-corrected chi connectivity index (χ1v) is 8.18. The van der Waals surface area contributed by atoms with Crippen LogP contribution in [0, 0.1) is 5.82 Å². The van der Waals surface area contributed by atoms with Gasteiger partial charge in [-0.3, -0.25) is 4.79 Å². The van der Waals surface area contributed by atoms with Gasteiger partial charge in [-0.1, -0.05) is 18.2 Å². The highest BCUT2D eigenvalue weighted by molar-refractivity contribution is 7.13. The second-order valence-electron chi connectivity index (χ2n) is 5.04. The van der Waals surface area contributed by atoms with Gasteiger partial charge in [0.25, 0.3) is 11.8 Å². The molecule has 1 amide bonds. The van der Waals surface area contributed by atoms with Gasteiger partial charge in [-0.05, 0) is 29.1 Å². The van der Waals surface area contributed by atoms with E-state index in [1.807, 2.05) is 11.4 Å².